The molecule has 188 valence electrons. The predicted octanol–water partition coefficient (Wildman–Crippen LogP) is 4.06. The molecule has 2 atom stereocenters. The van der Waals surface area contributed by atoms with Gasteiger partial charge in [0.1, 0.15) is 23.4 Å². The summed E-state index contributed by atoms with van der Waals surface area (Å²) in [5, 5.41) is 12.8. The molecule has 1 aromatic carbocycles. The van der Waals surface area contributed by atoms with Gasteiger partial charge in [0.25, 0.3) is 5.91 Å². The number of nitrogens with one attached hydrogen (secondary N) is 1. The number of hydrogen-bond donors (Lipinski definition) is 1. The number of carbonyl (C=O) groups is 2. The van der Waals surface area contributed by atoms with Gasteiger partial charge >= 0.3 is 6.09 Å². The Labute approximate surface area is 214 Å². The SMILES string of the molecule is CCn1c(C(C#N)c2nc(NC(=O)[C@H]3CSCN3C(=O)OC(C)(C)C)ncc2C)nc2ccccc21. The molecule has 11 heteroatoms. The number of nitriles is 1. The molecule has 0 bridgehead atoms. The fourth-order valence-electron chi connectivity index (χ4n) is 4.05. The first kappa shape index (κ1) is 25.4. The summed E-state index contributed by atoms with van der Waals surface area (Å²) in [6.07, 6.45) is 1.04. The first-order valence-corrected chi connectivity index (χ1v) is 12.8. The predicted molar refractivity (Wildman–Crippen MR) is 137 cm³/mol. The van der Waals surface area contributed by atoms with Crippen molar-refractivity contribution in [3.05, 3.63) is 47.5 Å². The van der Waals surface area contributed by atoms with E-state index in [-0.39, 0.29) is 5.95 Å². The van der Waals surface area contributed by atoms with Gasteiger partial charge in [0.2, 0.25) is 5.95 Å². The molecule has 10 nitrogen and oxygen atoms in total. The Morgan fingerprint density at radius 2 is 2.06 bits per heavy atom. The van der Waals surface area contributed by atoms with Crippen molar-refractivity contribution in [3.63, 3.8) is 0 Å². The van der Waals surface area contributed by atoms with Gasteiger partial charge in [0.15, 0.2) is 0 Å². The van der Waals surface area contributed by atoms with Crippen molar-refractivity contribution in [1.29, 1.82) is 5.26 Å². The van der Waals surface area contributed by atoms with Crippen molar-refractivity contribution >= 4 is 40.7 Å². The van der Waals surface area contributed by atoms with E-state index in [1.807, 2.05) is 42.7 Å². The largest absolute Gasteiger partial charge is 0.444 e. The van der Waals surface area contributed by atoms with Gasteiger partial charge in [0.05, 0.1) is 28.7 Å². The van der Waals surface area contributed by atoms with E-state index >= 15 is 0 Å². The zero-order valence-electron chi connectivity index (χ0n) is 21.0. The van der Waals surface area contributed by atoms with Crippen LogP contribution in [0.15, 0.2) is 30.5 Å². The summed E-state index contributed by atoms with van der Waals surface area (Å²) in [6.45, 7) is 9.81. The molecule has 0 spiro atoms. The van der Waals surface area contributed by atoms with Crippen molar-refractivity contribution in [1.82, 2.24) is 24.4 Å². The maximum Gasteiger partial charge on any atom is 0.411 e. The molecule has 4 rings (SSSR count). The third kappa shape index (κ3) is 5.14. The van der Waals surface area contributed by atoms with Crippen LogP contribution in [-0.2, 0) is 16.1 Å². The molecule has 1 saturated heterocycles. The van der Waals surface area contributed by atoms with E-state index in [9.17, 15) is 14.9 Å². The van der Waals surface area contributed by atoms with Crippen molar-refractivity contribution in [2.24, 2.45) is 0 Å². The van der Waals surface area contributed by atoms with Gasteiger partial charge in [-0.25, -0.2) is 19.7 Å². The highest BCUT2D eigenvalue weighted by molar-refractivity contribution is 7.99. The van der Waals surface area contributed by atoms with E-state index in [0.717, 1.165) is 11.0 Å². The third-order valence-corrected chi connectivity index (χ3v) is 6.73. The molecule has 2 amide bonds. The molecule has 2 aromatic heterocycles. The molecule has 0 radical (unpaired) electrons. The first-order valence-electron chi connectivity index (χ1n) is 11.7. The molecule has 1 N–H and O–H groups in total. The number of anilines is 1. The van der Waals surface area contributed by atoms with Crippen LogP contribution in [0.2, 0.25) is 0 Å². The minimum atomic E-state index is -0.753. The Hall–Kier alpha value is -3.65. The Kier molecular flexibility index (Phi) is 7.17. The van der Waals surface area contributed by atoms with Gasteiger partial charge in [-0.1, -0.05) is 12.1 Å². The van der Waals surface area contributed by atoms with Crippen molar-refractivity contribution in [2.75, 3.05) is 16.9 Å². The van der Waals surface area contributed by atoms with E-state index in [0.29, 0.717) is 35.3 Å². The highest BCUT2D eigenvalue weighted by atomic mass is 32.2. The second-order valence-electron chi connectivity index (χ2n) is 9.48. The molecule has 3 heterocycles. The number of aryl methyl sites for hydroxylation is 2. The van der Waals surface area contributed by atoms with Gasteiger partial charge in [-0.3, -0.25) is 15.0 Å². The fraction of sp³-hybridized carbons (Fsp3) is 0.440. The van der Waals surface area contributed by atoms with E-state index in [2.05, 4.69) is 21.4 Å². The third-order valence-electron chi connectivity index (χ3n) is 5.72. The number of ether oxygens (including phenoxy) is 1. The normalized spacial score (nSPS) is 16.6. The summed E-state index contributed by atoms with van der Waals surface area (Å²) < 4.78 is 7.44. The lowest BCUT2D eigenvalue weighted by atomic mass is 10.0. The van der Waals surface area contributed by atoms with Crippen molar-refractivity contribution in [2.45, 2.75) is 58.7 Å². The monoisotopic (exact) mass is 507 g/mol. The van der Waals surface area contributed by atoms with Crippen LogP contribution in [0.1, 0.15) is 50.7 Å². The van der Waals surface area contributed by atoms with Gasteiger partial charge in [-0.2, -0.15) is 5.26 Å². The lowest BCUT2D eigenvalue weighted by molar-refractivity contribution is -0.120. The van der Waals surface area contributed by atoms with Gasteiger partial charge in [-0.15, -0.1) is 11.8 Å². The van der Waals surface area contributed by atoms with Crippen molar-refractivity contribution in [3.8, 4) is 6.07 Å². The van der Waals surface area contributed by atoms with Crippen LogP contribution in [-0.4, -0.2) is 59.7 Å². The Morgan fingerprint density at radius 3 is 2.75 bits per heavy atom. The Morgan fingerprint density at radius 1 is 1.31 bits per heavy atom. The second kappa shape index (κ2) is 10.1. The van der Waals surface area contributed by atoms with Gasteiger partial charge in [-0.05, 0) is 52.3 Å². The summed E-state index contributed by atoms with van der Waals surface area (Å²) in [5.74, 6) is 0.290. The number of para-hydroxylation sites is 2. The maximum atomic E-state index is 13.1. The Bertz CT molecular complexity index is 1340. The second-order valence-corrected chi connectivity index (χ2v) is 10.5. The fourth-order valence-corrected chi connectivity index (χ4v) is 5.19. The molecular formula is C25H29N7O3S. The Balaban J connectivity index is 1.60. The van der Waals surface area contributed by atoms with Crippen LogP contribution >= 0.6 is 11.8 Å². The standard InChI is InChI=1S/C25H29N7O3S/c1-6-31-18-10-8-7-9-17(18)28-21(31)16(11-26)20-15(2)12-27-23(29-20)30-22(33)19-13-36-14-32(19)24(34)35-25(3,4)5/h7-10,12,16,19H,6,13-14H2,1-5H3,(H,27,29,30,33)/t16?,19-/m1/s1. The van der Waals surface area contributed by atoms with E-state index in [1.165, 1.54) is 16.7 Å². The van der Waals surface area contributed by atoms with Crippen molar-refractivity contribution < 1.29 is 14.3 Å². The maximum absolute atomic E-state index is 13.1. The summed E-state index contributed by atoms with van der Waals surface area (Å²) >= 11 is 1.47. The quantitative estimate of drug-likeness (QED) is 0.548. The summed E-state index contributed by atoms with van der Waals surface area (Å²) in [7, 11) is 0. The minimum Gasteiger partial charge on any atom is -0.444 e. The van der Waals surface area contributed by atoms with E-state index < -0.39 is 29.6 Å². The number of thioether (sulfide) groups is 1. The molecule has 3 aromatic rings. The highest BCUT2D eigenvalue weighted by Gasteiger charge is 2.37. The van der Waals surface area contributed by atoms with Crippen LogP contribution in [0.5, 0.6) is 0 Å². The number of carbonyl (C=O) groups excluding carboxylic acids is 2. The number of imidazole rings is 1. The molecular weight excluding hydrogens is 478 g/mol. The number of aromatic nitrogens is 4. The topological polar surface area (TPSA) is 126 Å². The molecule has 1 aliphatic heterocycles. The highest BCUT2D eigenvalue weighted by Crippen LogP contribution is 2.29. The average molecular weight is 508 g/mol. The van der Waals surface area contributed by atoms with E-state index in [1.54, 1.807) is 27.0 Å². The summed E-state index contributed by atoms with van der Waals surface area (Å²) in [5.41, 5.74) is 2.26. The van der Waals surface area contributed by atoms with Crippen LogP contribution < -0.4 is 5.32 Å². The number of benzene rings is 1. The van der Waals surface area contributed by atoms with Crippen LogP contribution in [0.25, 0.3) is 11.0 Å². The lowest BCUT2D eigenvalue weighted by Gasteiger charge is -2.27. The number of fused-ring (bicyclic) bond motifs is 1. The number of hydrogen-bond acceptors (Lipinski definition) is 8. The zero-order chi connectivity index (χ0) is 26.0. The lowest BCUT2D eigenvalue weighted by Crippen LogP contribution is -2.46. The molecule has 1 fully saturated rings. The summed E-state index contributed by atoms with van der Waals surface area (Å²) in [6, 6.07) is 9.34. The molecule has 0 aliphatic carbocycles. The van der Waals surface area contributed by atoms with Crippen LogP contribution in [0.3, 0.4) is 0 Å². The zero-order valence-corrected chi connectivity index (χ0v) is 21.8. The van der Waals surface area contributed by atoms with Gasteiger partial charge < -0.3 is 9.30 Å². The first-order chi connectivity index (χ1) is 17.1. The van der Waals surface area contributed by atoms with E-state index in [4.69, 9.17) is 9.72 Å². The van der Waals surface area contributed by atoms with Crippen LogP contribution in [0.4, 0.5) is 10.7 Å². The molecule has 1 unspecified atom stereocenters. The smallest absolute Gasteiger partial charge is 0.411 e. The van der Waals surface area contributed by atoms with Crippen LogP contribution in [0, 0.1) is 18.3 Å². The summed E-state index contributed by atoms with van der Waals surface area (Å²) in [4.78, 5) is 40.6. The molecule has 0 saturated carbocycles. The number of rotatable bonds is 5. The average Bonchev–Trinajstić information content (AvgIpc) is 3.45. The molecule has 1 aliphatic rings. The minimum absolute atomic E-state index is 0.0704. The van der Waals surface area contributed by atoms with Gasteiger partial charge in [0, 0.05) is 18.5 Å². The number of nitrogens with zero attached hydrogens (tertiary/aromatic N) is 6. The number of amides is 2. The molecule has 36 heavy (non-hydrogen) atoms.